The van der Waals surface area contributed by atoms with Crippen LogP contribution in [-0.2, 0) is 7.05 Å². The molecule has 1 N–H and O–H groups in total. The summed E-state index contributed by atoms with van der Waals surface area (Å²) in [6.45, 7) is 5.04. The highest BCUT2D eigenvalue weighted by atomic mass is 15.3. The van der Waals surface area contributed by atoms with E-state index in [1.165, 1.54) is 22.0 Å². The largest absolute Gasteiger partial charge is 0.305 e. The van der Waals surface area contributed by atoms with Gasteiger partial charge in [0, 0.05) is 24.8 Å². The number of hydrogen-bond acceptors (Lipinski definition) is 3. The van der Waals surface area contributed by atoms with Gasteiger partial charge in [-0.2, -0.15) is 5.10 Å². The van der Waals surface area contributed by atoms with E-state index in [-0.39, 0.29) is 6.04 Å². The summed E-state index contributed by atoms with van der Waals surface area (Å²) in [5.74, 6) is 0. The minimum absolute atomic E-state index is 0.120. The van der Waals surface area contributed by atoms with E-state index in [2.05, 4.69) is 52.7 Å². The van der Waals surface area contributed by atoms with Crippen molar-refractivity contribution in [2.24, 2.45) is 7.05 Å². The van der Waals surface area contributed by atoms with Crippen LogP contribution in [0.15, 0.2) is 42.7 Å². The van der Waals surface area contributed by atoms with Crippen molar-refractivity contribution in [1.82, 2.24) is 20.1 Å². The lowest BCUT2D eigenvalue weighted by Crippen LogP contribution is -2.24. The molecule has 0 aliphatic heterocycles. The van der Waals surface area contributed by atoms with E-state index in [4.69, 9.17) is 0 Å². The number of pyridine rings is 1. The van der Waals surface area contributed by atoms with Crippen LogP contribution in [0.3, 0.4) is 0 Å². The highest BCUT2D eigenvalue weighted by Gasteiger charge is 2.19. The van der Waals surface area contributed by atoms with E-state index in [0.29, 0.717) is 0 Å². The van der Waals surface area contributed by atoms with Crippen molar-refractivity contribution in [1.29, 1.82) is 0 Å². The third-order valence-electron chi connectivity index (χ3n) is 3.77. The molecule has 1 atom stereocenters. The lowest BCUT2D eigenvalue weighted by Gasteiger charge is -2.20. The van der Waals surface area contributed by atoms with Gasteiger partial charge in [-0.1, -0.05) is 25.1 Å². The molecule has 0 spiro atoms. The van der Waals surface area contributed by atoms with Crippen molar-refractivity contribution < 1.29 is 0 Å². The highest BCUT2D eigenvalue weighted by molar-refractivity contribution is 5.85. The van der Waals surface area contributed by atoms with E-state index in [9.17, 15) is 0 Å². The summed E-state index contributed by atoms with van der Waals surface area (Å²) in [7, 11) is 2.00. The fraction of sp³-hybridized carbons (Fsp3) is 0.294. The van der Waals surface area contributed by atoms with Crippen molar-refractivity contribution in [3.05, 3.63) is 59.7 Å². The van der Waals surface area contributed by atoms with Gasteiger partial charge in [0.2, 0.25) is 0 Å². The van der Waals surface area contributed by atoms with Crippen LogP contribution in [0.1, 0.15) is 29.9 Å². The summed E-state index contributed by atoms with van der Waals surface area (Å²) in [4.78, 5) is 4.29. The Hall–Kier alpha value is -2.20. The van der Waals surface area contributed by atoms with Gasteiger partial charge < -0.3 is 5.32 Å². The SMILES string of the molecule is CCNC(c1cccc2ccncc12)c1cc(C)nn1C. The number of nitrogens with zero attached hydrogens (tertiary/aromatic N) is 3. The van der Waals surface area contributed by atoms with Crippen LogP contribution in [-0.4, -0.2) is 21.3 Å². The van der Waals surface area contributed by atoms with Gasteiger partial charge in [-0.3, -0.25) is 9.67 Å². The fourth-order valence-electron chi connectivity index (χ4n) is 2.87. The molecule has 3 rings (SSSR count). The average molecular weight is 280 g/mol. The number of hydrogen-bond donors (Lipinski definition) is 1. The molecule has 4 nitrogen and oxygen atoms in total. The van der Waals surface area contributed by atoms with Crippen LogP contribution in [0.25, 0.3) is 10.8 Å². The molecule has 0 saturated heterocycles. The summed E-state index contributed by atoms with van der Waals surface area (Å²) >= 11 is 0. The van der Waals surface area contributed by atoms with Crippen molar-refractivity contribution in [3.63, 3.8) is 0 Å². The molecular weight excluding hydrogens is 260 g/mol. The molecule has 1 aromatic carbocycles. The Balaban J connectivity index is 2.18. The molecule has 0 aliphatic carbocycles. The summed E-state index contributed by atoms with van der Waals surface area (Å²) in [6, 6.07) is 10.7. The van der Waals surface area contributed by atoms with Crippen molar-refractivity contribution >= 4 is 10.8 Å². The molecule has 0 fully saturated rings. The van der Waals surface area contributed by atoms with E-state index < -0.39 is 0 Å². The van der Waals surface area contributed by atoms with Crippen LogP contribution < -0.4 is 5.32 Å². The first-order chi connectivity index (χ1) is 10.2. The predicted molar refractivity (Wildman–Crippen MR) is 85.2 cm³/mol. The first kappa shape index (κ1) is 13.8. The number of aromatic nitrogens is 3. The van der Waals surface area contributed by atoms with Gasteiger partial charge in [0.05, 0.1) is 17.4 Å². The quantitative estimate of drug-likeness (QED) is 0.799. The number of rotatable bonds is 4. The number of nitrogens with one attached hydrogen (secondary N) is 1. The van der Waals surface area contributed by atoms with Gasteiger partial charge in [0.25, 0.3) is 0 Å². The third-order valence-corrected chi connectivity index (χ3v) is 3.77. The van der Waals surface area contributed by atoms with Gasteiger partial charge >= 0.3 is 0 Å². The van der Waals surface area contributed by atoms with Gasteiger partial charge in [0.1, 0.15) is 0 Å². The maximum absolute atomic E-state index is 4.48. The maximum Gasteiger partial charge on any atom is 0.0754 e. The minimum Gasteiger partial charge on any atom is -0.305 e. The summed E-state index contributed by atoms with van der Waals surface area (Å²) < 4.78 is 1.96. The molecule has 0 saturated carbocycles. The smallest absolute Gasteiger partial charge is 0.0754 e. The molecule has 3 aromatic rings. The molecule has 2 aromatic heterocycles. The predicted octanol–water partition coefficient (Wildman–Crippen LogP) is 2.98. The molecule has 108 valence electrons. The third kappa shape index (κ3) is 2.54. The Morgan fingerprint density at radius 3 is 2.86 bits per heavy atom. The van der Waals surface area contributed by atoms with Gasteiger partial charge in [-0.25, -0.2) is 0 Å². The first-order valence-corrected chi connectivity index (χ1v) is 7.27. The normalized spacial score (nSPS) is 12.7. The molecule has 0 bridgehead atoms. The Morgan fingerprint density at radius 2 is 2.14 bits per heavy atom. The Kier molecular flexibility index (Phi) is 3.71. The number of aryl methyl sites for hydroxylation is 2. The van der Waals surface area contributed by atoms with Gasteiger partial charge in [-0.15, -0.1) is 0 Å². The lowest BCUT2D eigenvalue weighted by molar-refractivity contribution is 0.574. The van der Waals surface area contributed by atoms with Crippen LogP contribution in [0, 0.1) is 6.92 Å². The molecule has 2 heterocycles. The molecule has 21 heavy (non-hydrogen) atoms. The second-order valence-electron chi connectivity index (χ2n) is 5.27. The summed E-state index contributed by atoms with van der Waals surface area (Å²) in [5, 5.41) is 10.5. The van der Waals surface area contributed by atoms with Crippen LogP contribution >= 0.6 is 0 Å². The number of fused-ring (bicyclic) bond motifs is 1. The monoisotopic (exact) mass is 280 g/mol. The summed E-state index contributed by atoms with van der Waals surface area (Å²) in [6.07, 6.45) is 3.78. The molecule has 0 amide bonds. The Bertz CT molecular complexity index is 755. The zero-order chi connectivity index (χ0) is 14.8. The molecule has 1 unspecified atom stereocenters. The minimum atomic E-state index is 0.120. The van der Waals surface area contributed by atoms with Crippen molar-refractivity contribution in [2.45, 2.75) is 19.9 Å². The van der Waals surface area contributed by atoms with E-state index in [0.717, 1.165) is 12.2 Å². The fourth-order valence-corrected chi connectivity index (χ4v) is 2.87. The van der Waals surface area contributed by atoms with Crippen LogP contribution in [0.5, 0.6) is 0 Å². The topological polar surface area (TPSA) is 42.7 Å². The Labute approximate surface area is 124 Å². The second-order valence-corrected chi connectivity index (χ2v) is 5.27. The van der Waals surface area contributed by atoms with E-state index >= 15 is 0 Å². The maximum atomic E-state index is 4.48. The Morgan fingerprint density at radius 1 is 1.29 bits per heavy atom. The zero-order valence-corrected chi connectivity index (χ0v) is 12.7. The lowest BCUT2D eigenvalue weighted by atomic mass is 9.97. The standard InChI is InChI=1S/C17H20N4/c1-4-19-17(16-10-12(2)20-21(16)3)14-7-5-6-13-8-9-18-11-15(13)14/h5-11,17,19H,4H2,1-3H3. The van der Waals surface area contributed by atoms with Crippen LogP contribution in [0.4, 0.5) is 0 Å². The second kappa shape index (κ2) is 5.66. The zero-order valence-electron chi connectivity index (χ0n) is 12.7. The van der Waals surface area contributed by atoms with E-state index in [1.54, 1.807) is 0 Å². The molecule has 0 aliphatic rings. The van der Waals surface area contributed by atoms with Crippen LogP contribution in [0.2, 0.25) is 0 Å². The molecule has 0 radical (unpaired) electrons. The van der Waals surface area contributed by atoms with E-state index in [1.807, 2.05) is 31.0 Å². The number of benzene rings is 1. The van der Waals surface area contributed by atoms with Crippen molar-refractivity contribution in [3.8, 4) is 0 Å². The average Bonchev–Trinajstić information content (AvgIpc) is 2.83. The molecule has 4 heteroatoms. The highest BCUT2D eigenvalue weighted by Crippen LogP contribution is 2.28. The van der Waals surface area contributed by atoms with Gasteiger partial charge in [0.15, 0.2) is 0 Å². The van der Waals surface area contributed by atoms with Crippen molar-refractivity contribution in [2.75, 3.05) is 6.54 Å². The van der Waals surface area contributed by atoms with Gasteiger partial charge in [-0.05, 0) is 36.6 Å². The summed E-state index contributed by atoms with van der Waals surface area (Å²) in [5.41, 5.74) is 3.45. The first-order valence-electron chi connectivity index (χ1n) is 7.27. The molecular formula is C17H20N4.